The second-order valence-corrected chi connectivity index (χ2v) is 6.18. The van der Waals surface area contributed by atoms with Crippen molar-refractivity contribution in [2.75, 3.05) is 13.7 Å². The van der Waals surface area contributed by atoms with E-state index in [4.69, 9.17) is 14.7 Å². The highest BCUT2D eigenvalue weighted by atomic mass is 16.5. The lowest BCUT2D eigenvalue weighted by Crippen LogP contribution is -2.29. The molecule has 7 heteroatoms. The van der Waals surface area contributed by atoms with E-state index in [1.165, 1.54) is 0 Å². The summed E-state index contributed by atoms with van der Waals surface area (Å²) in [5, 5.41) is 19.0. The summed E-state index contributed by atoms with van der Waals surface area (Å²) in [6, 6.07) is 2.21. The van der Waals surface area contributed by atoms with E-state index < -0.39 is 6.10 Å². The molecule has 0 bridgehead atoms. The first-order valence-electron chi connectivity index (χ1n) is 8.14. The van der Waals surface area contributed by atoms with Crippen molar-refractivity contribution in [2.24, 2.45) is 0 Å². The number of aromatic nitrogens is 3. The molecule has 2 aromatic rings. The van der Waals surface area contributed by atoms with Crippen LogP contribution in [0, 0.1) is 18.3 Å². The highest BCUT2D eigenvalue weighted by Gasteiger charge is 2.29. The van der Waals surface area contributed by atoms with Gasteiger partial charge in [0.25, 0.3) is 0 Å². The predicted octanol–water partition coefficient (Wildman–Crippen LogP) is 2.44. The molecule has 1 saturated heterocycles. The molecule has 3 rings (SSSR count). The third kappa shape index (κ3) is 2.83. The van der Waals surface area contributed by atoms with Gasteiger partial charge < -0.3 is 19.1 Å². The van der Waals surface area contributed by atoms with Crippen LogP contribution < -0.4 is 4.74 Å². The Balaban J connectivity index is 2.07. The molecule has 7 nitrogen and oxygen atoms in total. The van der Waals surface area contributed by atoms with Crippen molar-refractivity contribution < 1.29 is 14.6 Å². The maximum Gasteiger partial charge on any atom is 0.165 e. The average Bonchev–Trinajstić information content (AvgIpc) is 2.96. The van der Waals surface area contributed by atoms with Gasteiger partial charge in [-0.1, -0.05) is 0 Å². The van der Waals surface area contributed by atoms with Crippen LogP contribution in [0.2, 0.25) is 0 Å². The molecule has 0 unspecified atom stereocenters. The molecule has 128 valence electrons. The number of nitrogens with zero attached hydrogens (tertiary/aromatic N) is 4. The Morgan fingerprint density at radius 2 is 2.33 bits per heavy atom. The predicted molar refractivity (Wildman–Crippen MR) is 87.7 cm³/mol. The van der Waals surface area contributed by atoms with Crippen LogP contribution in [-0.2, 0) is 4.74 Å². The second kappa shape index (κ2) is 6.75. The zero-order chi connectivity index (χ0) is 17.3. The van der Waals surface area contributed by atoms with Gasteiger partial charge in [0.2, 0.25) is 0 Å². The molecule has 3 atom stereocenters. The summed E-state index contributed by atoms with van der Waals surface area (Å²) in [4.78, 5) is 8.88. The quantitative estimate of drug-likeness (QED) is 0.925. The molecular weight excluding hydrogens is 308 g/mol. The number of fused-ring (bicyclic) bond motifs is 1. The maximum atomic E-state index is 10.2. The fraction of sp³-hybridized carbons (Fsp3) is 0.588. The van der Waals surface area contributed by atoms with Crippen LogP contribution in [-0.4, -0.2) is 39.5 Å². The molecule has 1 aliphatic heterocycles. The van der Waals surface area contributed by atoms with Crippen molar-refractivity contribution in [3.8, 4) is 11.8 Å². The Morgan fingerprint density at radius 3 is 2.92 bits per heavy atom. The molecule has 0 aliphatic carbocycles. The minimum absolute atomic E-state index is 0.0127. The Bertz CT molecular complexity index is 770. The number of pyridine rings is 1. The highest BCUT2D eigenvalue weighted by Crippen LogP contribution is 2.36. The van der Waals surface area contributed by atoms with Gasteiger partial charge in [-0.15, -0.1) is 0 Å². The molecule has 1 fully saturated rings. The molecule has 0 spiro atoms. The second-order valence-electron chi connectivity index (χ2n) is 6.18. The summed E-state index contributed by atoms with van der Waals surface area (Å²) >= 11 is 0. The number of nitriles is 1. The Morgan fingerprint density at radius 1 is 1.54 bits per heavy atom. The third-order valence-electron chi connectivity index (χ3n) is 4.50. The van der Waals surface area contributed by atoms with Crippen molar-refractivity contribution >= 4 is 11.0 Å². The van der Waals surface area contributed by atoms with Gasteiger partial charge in [-0.25, -0.2) is 4.98 Å². The highest BCUT2D eigenvalue weighted by molar-refractivity contribution is 5.83. The molecule has 2 aromatic heterocycles. The topological polar surface area (TPSA) is 93.2 Å². The standard InChI is InChI=1S/C17H22N4O3/c1-10-16(23-3)15-14(8-19-10)20-17(11(2)22)21(15)12-4-5-13(6-7-18)24-9-12/h8,11-13,22H,4-6,9H2,1-3H3/t11-,12+,13-/m1/s1. The summed E-state index contributed by atoms with van der Waals surface area (Å²) in [7, 11) is 1.61. The summed E-state index contributed by atoms with van der Waals surface area (Å²) in [6.45, 7) is 4.08. The Hall–Kier alpha value is -2.17. The average molecular weight is 330 g/mol. The van der Waals surface area contributed by atoms with E-state index in [-0.39, 0.29) is 12.1 Å². The van der Waals surface area contributed by atoms with Crippen LogP contribution >= 0.6 is 0 Å². The third-order valence-corrected chi connectivity index (χ3v) is 4.50. The lowest BCUT2D eigenvalue weighted by Gasteiger charge is -2.30. The molecule has 0 saturated carbocycles. The van der Waals surface area contributed by atoms with Crippen molar-refractivity contribution in [1.82, 2.24) is 14.5 Å². The number of aliphatic hydroxyl groups excluding tert-OH is 1. The lowest BCUT2D eigenvalue weighted by molar-refractivity contribution is -0.00959. The number of imidazole rings is 1. The Kier molecular flexibility index (Phi) is 4.69. The lowest BCUT2D eigenvalue weighted by atomic mass is 10.0. The van der Waals surface area contributed by atoms with Crippen LogP contribution in [0.4, 0.5) is 0 Å². The number of aryl methyl sites for hydroxylation is 1. The smallest absolute Gasteiger partial charge is 0.165 e. The van der Waals surface area contributed by atoms with Crippen LogP contribution in [0.15, 0.2) is 6.20 Å². The molecule has 0 radical (unpaired) electrons. The van der Waals surface area contributed by atoms with E-state index in [9.17, 15) is 5.11 Å². The molecule has 3 heterocycles. The van der Waals surface area contributed by atoms with Crippen LogP contribution in [0.3, 0.4) is 0 Å². The van der Waals surface area contributed by atoms with Gasteiger partial charge >= 0.3 is 0 Å². The normalized spacial score (nSPS) is 22.3. The number of aliphatic hydroxyl groups is 1. The first kappa shape index (κ1) is 16.7. The van der Waals surface area contributed by atoms with Crippen molar-refractivity contribution in [1.29, 1.82) is 5.26 Å². The van der Waals surface area contributed by atoms with Crippen molar-refractivity contribution in [2.45, 2.75) is 51.4 Å². The van der Waals surface area contributed by atoms with E-state index in [1.54, 1.807) is 20.2 Å². The fourth-order valence-corrected chi connectivity index (χ4v) is 3.34. The van der Waals surface area contributed by atoms with Gasteiger partial charge in [0.1, 0.15) is 23.0 Å². The molecular formula is C17H22N4O3. The summed E-state index contributed by atoms with van der Waals surface area (Å²) < 4.78 is 13.4. The van der Waals surface area contributed by atoms with Crippen LogP contribution in [0.25, 0.3) is 11.0 Å². The van der Waals surface area contributed by atoms with Gasteiger partial charge in [0.15, 0.2) is 5.75 Å². The number of ether oxygens (including phenoxy) is 2. The van der Waals surface area contributed by atoms with Crippen LogP contribution in [0.1, 0.15) is 49.9 Å². The molecule has 1 N–H and O–H groups in total. The van der Waals surface area contributed by atoms with Gasteiger partial charge in [0.05, 0.1) is 50.2 Å². The summed E-state index contributed by atoms with van der Waals surface area (Å²) in [6.07, 6.45) is 3.07. The van der Waals surface area contributed by atoms with Gasteiger partial charge in [-0.2, -0.15) is 5.26 Å². The largest absolute Gasteiger partial charge is 0.493 e. The number of rotatable bonds is 4. The van der Waals surface area contributed by atoms with E-state index >= 15 is 0 Å². The van der Waals surface area contributed by atoms with Crippen molar-refractivity contribution in [3.63, 3.8) is 0 Å². The SMILES string of the molecule is COc1c(C)ncc2nc([C@@H](C)O)n([C@H]3CC[C@H](CC#N)OC3)c12. The molecule has 0 amide bonds. The molecule has 1 aliphatic rings. The zero-order valence-electron chi connectivity index (χ0n) is 14.2. The van der Waals surface area contributed by atoms with E-state index in [1.807, 2.05) is 11.5 Å². The first-order chi connectivity index (χ1) is 11.6. The molecule has 24 heavy (non-hydrogen) atoms. The molecule has 0 aromatic carbocycles. The minimum Gasteiger partial charge on any atom is -0.493 e. The number of methoxy groups -OCH3 is 1. The first-order valence-corrected chi connectivity index (χ1v) is 8.14. The van der Waals surface area contributed by atoms with Gasteiger partial charge in [0, 0.05) is 0 Å². The van der Waals surface area contributed by atoms with Gasteiger partial charge in [-0.05, 0) is 26.7 Å². The number of hydrogen-bond acceptors (Lipinski definition) is 6. The Labute approximate surface area is 140 Å². The zero-order valence-corrected chi connectivity index (χ0v) is 14.2. The van der Waals surface area contributed by atoms with Gasteiger partial charge in [-0.3, -0.25) is 4.98 Å². The van der Waals surface area contributed by atoms with E-state index in [2.05, 4.69) is 16.0 Å². The van der Waals surface area contributed by atoms with Crippen molar-refractivity contribution in [3.05, 3.63) is 17.7 Å². The van der Waals surface area contributed by atoms with Crippen LogP contribution in [0.5, 0.6) is 5.75 Å². The van der Waals surface area contributed by atoms with E-state index in [0.29, 0.717) is 30.1 Å². The summed E-state index contributed by atoms with van der Waals surface area (Å²) in [5.41, 5.74) is 2.32. The monoisotopic (exact) mass is 330 g/mol. The maximum absolute atomic E-state index is 10.2. The van der Waals surface area contributed by atoms with E-state index in [0.717, 1.165) is 24.1 Å². The summed E-state index contributed by atoms with van der Waals surface area (Å²) in [5.74, 6) is 1.26. The minimum atomic E-state index is -0.709. The fourth-order valence-electron chi connectivity index (χ4n) is 3.34. The number of hydrogen-bond donors (Lipinski definition) is 1.